The van der Waals surface area contributed by atoms with Crippen LogP contribution < -0.4 is 5.73 Å². The number of likely N-dealkylation sites (tertiary alicyclic amines) is 1. The molecule has 0 aromatic heterocycles. The minimum absolute atomic E-state index is 0. The zero-order valence-electron chi connectivity index (χ0n) is 16.3. The van der Waals surface area contributed by atoms with Gasteiger partial charge in [0.05, 0.1) is 12.2 Å². The Balaban J connectivity index is 0.00000182. The third-order valence-electron chi connectivity index (χ3n) is 5.38. The van der Waals surface area contributed by atoms with E-state index < -0.39 is 0 Å². The molecule has 0 radical (unpaired) electrons. The molecular weight excluding hydrogens is 385 g/mol. The number of benzene rings is 1. The number of amides is 1. The summed E-state index contributed by atoms with van der Waals surface area (Å²) in [5, 5.41) is 0. The highest BCUT2D eigenvalue weighted by atomic mass is 35.5. The minimum atomic E-state index is 0. The van der Waals surface area contributed by atoms with Crippen LogP contribution in [0.5, 0.6) is 0 Å². The maximum Gasteiger partial charge on any atom is 0.253 e. The van der Waals surface area contributed by atoms with E-state index in [-0.39, 0.29) is 30.7 Å². The Bertz CT molecular complexity index is 584. The van der Waals surface area contributed by atoms with E-state index in [0.717, 1.165) is 51.5 Å². The number of hydrogen-bond acceptors (Lipinski definition) is 4. The first-order valence-corrected chi connectivity index (χ1v) is 9.54. The molecule has 0 saturated carbocycles. The number of ether oxygens (including phenoxy) is 1. The molecule has 27 heavy (non-hydrogen) atoms. The van der Waals surface area contributed by atoms with Gasteiger partial charge in [0, 0.05) is 37.4 Å². The van der Waals surface area contributed by atoms with Gasteiger partial charge in [-0.15, -0.1) is 24.8 Å². The van der Waals surface area contributed by atoms with Gasteiger partial charge in [0.25, 0.3) is 5.91 Å². The molecule has 1 aromatic rings. The number of nitrogens with two attached hydrogens (primary N) is 1. The quantitative estimate of drug-likeness (QED) is 0.761. The van der Waals surface area contributed by atoms with Crippen LogP contribution in [0, 0.1) is 5.92 Å². The Morgan fingerprint density at radius 2 is 1.78 bits per heavy atom. The summed E-state index contributed by atoms with van der Waals surface area (Å²) in [6, 6.07) is 7.29. The number of anilines is 1. The van der Waals surface area contributed by atoms with Crippen LogP contribution in [0.2, 0.25) is 0 Å². The Morgan fingerprint density at radius 1 is 1.15 bits per heavy atom. The normalized spacial score (nSPS) is 24.0. The molecule has 2 heterocycles. The first-order valence-electron chi connectivity index (χ1n) is 9.54. The largest absolute Gasteiger partial charge is 0.399 e. The topological polar surface area (TPSA) is 58.8 Å². The van der Waals surface area contributed by atoms with Crippen LogP contribution in [0.1, 0.15) is 43.5 Å². The molecule has 3 rings (SSSR count). The Kier molecular flexibility index (Phi) is 9.88. The van der Waals surface area contributed by atoms with Crippen LogP contribution in [0.25, 0.3) is 0 Å². The first-order chi connectivity index (χ1) is 12.0. The van der Waals surface area contributed by atoms with E-state index in [1.54, 1.807) is 6.07 Å². The maximum absolute atomic E-state index is 12.6. The molecule has 7 heteroatoms. The number of carbonyl (C=O) groups is 1. The van der Waals surface area contributed by atoms with Crippen LogP contribution in [0.15, 0.2) is 24.3 Å². The van der Waals surface area contributed by atoms with Crippen molar-refractivity contribution in [1.29, 1.82) is 0 Å². The van der Waals surface area contributed by atoms with Gasteiger partial charge in [0.2, 0.25) is 0 Å². The minimum Gasteiger partial charge on any atom is -0.399 e. The predicted molar refractivity (Wildman–Crippen MR) is 115 cm³/mol. The van der Waals surface area contributed by atoms with Gasteiger partial charge < -0.3 is 15.4 Å². The average Bonchev–Trinajstić information content (AvgIpc) is 2.59. The van der Waals surface area contributed by atoms with Crippen molar-refractivity contribution in [3.05, 3.63) is 29.8 Å². The van der Waals surface area contributed by atoms with Crippen LogP contribution in [-0.4, -0.2) is 60.6 Å². The van der Waals surface area contributed by atoms with Crippen molar-refractivity contribution in [2.75, 3.05) is 38.5 Å². The smallest absolute Gasteiger partial charge is 0.253 e. The fourth-order valence-corrected chi connectivity index (χ4v) is 4.11. The molecule has 2 N–H and O–H groups in total. The summed E-state index contributed by atoms with van der Waals surface area (Å²) >= 11 is 0. The molecular formula is C20H33Cl2N3O2. The molecule has 2 unspecified atom stereocenters. The Labute approximate surface area is 175 Å². The van der Waals surface area contributed by atoms with Crippen molar-refractivity contribution >= 4 is 36.4 Å². The molecule has 2 fully saturated rings. The number of rotatable bonds is 4. The lowest BCUT2D eigenvalue weighted by molar-refractivity contribution is -0.0693. The van der Waals surface area contributed by atoms with Crippen LogP contribution >= 0.6 is 24.8 Å². The second kappa shape index (κ2) is 11.1. The lowest BCUT2D eigenvalue weighted by Crippen LogP contribution is -2.46. The van der Waals surface area contributed by atoms with E-state index in [1.807, 2.05) is 23.1 Å². The molecule has 2 aliphatic heterocycles. The highest BCUT2D eigenvalue weighted by Gasteiger charge is 2.26. The fraction of sp³-hybridized carbons (Fsp3) is 0.650. The van der Waals surface area contributed by atoms with Crippen molar-refractivity contribution in [1.82, 2.24) is 9.80 Å². The number of halogens is 2. The average molecular weight is 418 g/mol. The molecule has 2 saturated heterocycles. The van der Waals surface area contributed by atoms with Gasteiger partial charge in [-0.1, -0.05) is 6.07 Å². The summed E-state index contributed by atoms with van der Waals surface area (Å²) in [5.41, 5.74) is 7.14. The molecule has 1 amide bonds. The predicted octanol–water partition coefficient (Wildman–Crippen LogP) is 3.46. The highest BCUT2D eigenvalue weighted by Crippen LogP contribution is 2.23. The van der Waals surface area contributed by atoms with Gasteiger partial charge in [0.15, 0.2) is 0 Å². The molecule has 1 aromatic carbocycles. The number of nitrogens with zero attached hydrogens (tertiary/aromatic N) is 2. The van der Waals surface area contributed by atoms with E-state index in [9.17, 15) is 4.79 Å². The SMILES string of the molecule is CC1CN(CCC2CCN(C(=O)c3cccc(N)c3)CC2)CC(C)O1.Cl.Cl. The number of morpholine rings is 1. The summed E-state index contributed by atoms with van der Waals surface area (Å²) in [5.74, 6) is 0.833. The summed E-state index contributed by atoms with van der Waals surface area (Å²) in [6.07, 6.45) is 4.09. The van der Waals surface area contributed by atoms with Gasteiger partial charge in [0.1, 0.15) is 0 Å². The molecule has 5 nitrogen and oxygen atoms in total. The van der Waals surface area contributed by atoms with Crippen LogP contribution in [-0.2, 0) is 4.74 Å². The van der Waals surface area contributed by atoms with E-state index >= 15 is 0 Å². The van der Waals surface area contributed by atoms with E-state index in [4.69, 9.17) is 10.5 Å². The van der Waals surface area contributed by atoms with Crippen molar-refractivity contribution in [3.8, 4) is 0 Å². The highest BCUT2D eigenvalue weighted by molar-refractivity contribution is 5.95. The van der Waals surface area contributed by atoms with Crippen molar-refractivity contribution in [2.24, 2.45) is 5.92 Å². The van der Waals surface area contributed by atoms with Gasteiger partial charge in [-0.05, 0) is 63.8 Å². The summed E-state index contributed by atoms with van der Waals surface area (Å²) in [7, 11) is 0. The lowest BCUT2D eigenvalue weighted by atomic mass is 9.92. The standard InChI is InChI=1S/C20H31N3O2.2ClH/c1-15-13-22(14-16(2)25-15)9-6-17-7-10-23(11-8-17)20(24)18-4-3-5-19(21)12-18;;/h3-5,12,15-17H,6-11,13-14,21H2,1-2H3;2*1H. The Hall–Kier alpha value is -1.01. The molecule has 0 spiro atoms. The second-order valence-electron chi connectivity index (χ2n) is 7.67. The van der Waals surface area contributed by atoms with Gasteiger partial charge in [-0.3, -0.25) is 9.69 Å². The van der Waals surface area contributed by atoms with E-state index in [2.05, 4.69) is 18.7 Å². The van der Waals surface area contributed by atoms with Crippen molar-refractivity contribution < 1.29 is 9.53 Å². The fourth-order valence-electron chi connectivity index (χ4n) is 4.11. The van der Waals surface area contributed by atoms with Crippen molar-refractivity contribution in [3.63, 3.8) is 0 Å². The number of piperidine rings is 1. The second-order valence-corrected chi connectivity index (χ2v) is 7.67. The van der Waals surface area contributed by atoms with Gasteiger partial charge >= 0.3 is 0 Å². The van der Waals surface area contributed by atoms with E-state index in [1.165, 1.54) is 6.42 Å². The molecule has 154 valence electrons. The summed E-state index contributed by atoms with van der Waals surface area (Å²) in [4.78, 5) is 17.1. The van der Waals surface area contributed by atoms with Crippen LogP contribution in [0.3, 0.4) is 0 Å². The summed E-state index contributed by atoms with van der Waals surface area (Å²) < 4.78 is 5.80. The molecule has 0 bridgehead atoms. The van der Waals surface area contributed by atoms with Gasteiger partial charge in [-0.2, -0.15) is 0 Å². The molecule has 0 aliphatic carbocycles. The lowest BCUT2D eigenvalue weighted by Gasteiger charge is -2.37. The maximum atomic E-state index is 12.6. The number of carbonyl (C=O) groups excluding carboxylic acids is 1. The van der Waals surface area contributed by atoms with Crippen LogP contribution in [0.4, 0.5) is 5.69 Å². The third-order valence-corrected chi connectivity index (χ3v) is 5.38. The van der Waals surface area contributed by atoms with E-state index in [0.29, 0.717) is 23.5 Å². The molecule has 2 atom stereocenters. The number of nitrogen functional groups attached to an aromatic ring is 1. The molecule has 2 aliphatic rings. The third kappa shape index (κ3) is 6.83. The Morgan fingerprint density at radius 3 is 2.37 bits per heavy atom. The first kappa shape index (κ1) is 24.0. The number of hydrogen-bond donors (Lipinski definition) is 1. The zero-order valence-corrected chi connectivity index (χ0v) is 17.9. The monoisotopic (exact) mass is 417 g/mol. The summed E-state index contributed by atoms with van der Waals surface area (Å²) in [6.45, 7) is 9.24. The van der Waals surface area contributed by atoms with Gasteiger partial charge in [-0.25, -0.2) is 0 Å². The zero-order chi connectivity index (χ0) is 17.8. The van der Waals surface area contributed by atoms with Crippen molar-refractivity contribution in [2.45, 2.75) is 45.3 Å².